The Morgan fingerprint density at radius 3 is 2.08 bits per heavy atom. The van der Waals surface area contributed by atoms with Gasteiger partial charge in [-0.3, -0.25) is 0 Å². The maximum absolute atomic E-state index is 12.8. The molecule has 1 aromatic carbocycles. The normalized spacial score (nSPS) is 16.7. The maximum Gasteiger partial charge on any atom is 0.243 e. The SMILES string of the molecule is O=S(=O)(c1cc(Cl)nc(Cl)c1)N1CCN(CCc2ccc(Cl)cc2)CC1. The fourth-order valence-corrected chi connectivity index (χ4v) is 5.05. The van der Waals surface area contributed by atoms with Crippen LogP contribution in [0.4, 0.5) is 0 Å². The molecule has 0 N–H and O–H groups in total. The largest absolute Gasteiger partial charge is 0.300 e. The van der Waals surface area contributed by atoms with E-state index in [0.717, 1.165) is 18.0 Å². The summed E-state index contributed by atoms with van der Waals surface area (Å²) >= 11 is 17.6. The van der Waals surface area contributed by atoms with Crippen LogP contribution in [0.15, 0.2) is 41.3 Å². The van der Waals surface area contributed by atoms with E-state index in [1.54, 1.807) is 0 Å². The van der Waals surface area contributed by atoms with Gasteiger partial charge in [0.2, 0.25) is 10.0 Å². The minimum Gasteiger partial charge on any atom is -0.300 e. The summed E-state index contributed by atoms with van der Waals surface area (Å²) in [5, 5.41) is 0.860. The number of pyridine rings is 1. The molecule has 0 bridgehead atoms. The molecule has 9 heteroatoms. The topological polar surface area (TPSA) is 53.5 Å². The van der Waals surface area contributed by atoms with Gasteiger partial charge in [0.15, 0.2) is 0 Å². The second-order valence-electron chi connectivity index (χ2n) is 6.07. The van der Waals surface area contributed by atoms with Gasteiger partial charge in [-0.2, -0.15) is 4.31 Å². The maximum atomic E-state index is 12.8. The monoisotopic (exact) mass is 433 g/mol. The van der Waals surface area contributed by atoms with E-state index in [1.807, 2.05) is 24.3 Å². The first-order valence-electron chi connectivity index (χ1n) is 8.14. The number of rotatable bonds is 5. The number of hydrogen-bond donors (Lipinski definition) is 0. The number of halogens is 3. The highest BCUT2D eigenvalue weighted by atomic mass is 35.5. The van der Waals surface area contributed by atoms with E-state index in [-0.39, 0.29) is 15.2 Å². The molecular formula is C17H18Cl3N3O2S. The molecule has 0 unspecified atom stereocenters. The van der Waals surface area contributed by atoms with Crippen LogP contribution in [0, 0.1) is 0 Å². The Hall–Kier alpha value is -0.890. The van der Waals surface area contributed by atoms with Gasteiger partial charge < -0.3 is 4.90 Å². The molecule has 26 heavy (non-hydrogen) atoms. The van der Waals surface area contributed by atoms with Gasteiger partial charge in [0.25, 0.3) is 0 Å². The summed E-state index contributed by atoms with van der Waals surface area (Å²) in [4.78, 5) is 6.13. The molecular weight excluding hydrogens is 417 g/mol. The zero-order valence-electron chi connectivity index (χ0n) is 13.9. The molecule has 0 aliphatic carbocycles. The average Bonchev–Trinajstić information content (AvgIpc) is 2.61. The van der Waals surface area contributed by atoms with Crippen molar-refractivity contribution >= 4 is 44.8 Å². The van der Waals surface area contributed by atoms with Crippen molar-refractivity contribution in [3.05, 3.63) is 57.3 Å². The van der Waals surface area contributed by atoms with Crippen molar-refractivity contribution in [1.29, 1.82) is 0 Å². The Labute approximate surface area is 168 Å². The van der Waals surface area contributed by atoms with Gasteiger partial charge in [-0.25, -0.2) is 13.4 Å². The van der Waals surface area contributed by atoms with Crippen LogP contribution in [0.5, 0.6) is 0 Å². The second-order valence-corrected chi connectivity index (χ2v) is 9.22. The smallest absolute Gasteiger partial charge is 0.243 e. The Balaban J connectivity index is 1.58. The van der Waals surface area contributed by atoms with Crippen LogP contribution in [0.25, 0.3) is 0 Å². The van der Waals surface area contributed by atoms with E-state index in [0.29, 0.717) is 26.2 Å². The lowest BCUT2D eigenvalue weighted by Gasteiger charge is -2.34. The molecule has 5 nitrogen and oxygen atoms in total. The summed E-state index contributed by atoms with van der Waals surface area (Å²) in [7, 11) is -3.62. The minimum absolute atomic E-state index is 0.0673. The molecule has 1 fully saturated rings. The van der Waals surface area contributed by atoms with Gasteiger partial charge in [0.05, 0.1) is 4.90 Å². The van der Waals surface area contributed by atoms with Crippen LogP contribution in [0.3, 0.4) is 0 Å². The van der Waals surface area contributed by atoms with Crippen molar-refractivity contribution in [2.24, 2.45) is 0 Å². The highest BCUT2D eigenvalue weighted by molar-refractivity contribution is 7.89. The van der Waals surface area contributed by atoms with Crippen LogP contribution in [-0.2, 0) is 16.4 Å². The highest BCUT2D eigenvalue weighted by Gasteiger charge is 2.29. The van der Waals surface area contributed by atoms with E-state index in [2.05, 4.69) is 9.88 Å². The van der Waals surface area contributed by atoms with Crippen LogP contribution < -0.4 is 0 Å². The molecule has 1 aromatic heterocycles. The van der Waals surface area contributed by atoms with Crippen molar-refractivity contribution < 1.29 is 8.42 Å². The predicted molar refractivity (Wildman–Crippen MR) is 105 cm³/mol. The number of piperazine rings is 1. The zero-order chi connectivity index (χ0) is 18.7. The molecule has 0 amide bonds. The van der Waals surface area contributed by atoms with Crippen molar-refractivity contribution in [2.75, 3.05) is 32.7 Å². The summed E-state index contributed by atoms with van der Waals surface area (Å²) in [5.74, 6) is 0. The number of hydrogen-bond acceptors (Lipinski definition) is 4. The average molecular weight is 435 g/mol. The van der Waals surface area contributed by atoms with E-state index in [4.69, 9.17) is 34.8 Å². The number of aromatic nitrogens is 1. The summed E-state index contributed by atoms with van der Waals surface area (Å²) < 4.78 is 27.0. The molecule has 2 aromatic rings. The molecule has 0 atom stereocenters. The number of sulfonamides is 1. The summed E-state index contributed by atoms with van der Waals surface area (Å²) in [6, 6.07) is 10.4. The predicted octanol–water partition coefficient (Wildman–Crippen LogP) is 3.59. The van der Waals surface area contributed by atoms with E-state index >= 15 is 0 Å². The molecule has 0 saturated carbocycles. The van der Waals surface area contributed by atoms with Crippen LogP contribution in [0.2, 0.25) is 15.3 Å². The van der Waals surface area contributed by atoms with Gasteiger partial charge in [0.1, 0.15) is 10.3 Å². The Bertz CT molecular complexity index is 847. The fraction of sp³-hybridized carbons (Fsp3) is 0.353. The molecule has 140 valence electrons. The van der Waals surface area contributed by atoms with Gasteiger partial charge in [-0.1, -0.05) is 46.9 Å². The van der Waals surface area contributed by atoms with Crippen molar-refractivity contribution in [2.45, 2.75) is 11.3 Å². The molecule has 0 spiro atoms. The lowest BCUT2D eigenvalue weighted by Crippen LogP contribution is -2.49. The van der Waals surface area contributed by atoms with Crippen molar-refractivity contribution in [3.63, 3.8) is 0 Å². The van der Waals surface area contributed by atoms with Gasteiger partial charge in [-0.05, 0) is 36.2 Å². The fourth-order valence-electron chi connectivity index (χ4n) is 2.87. The second kappa shape index (κ2) is 8.42. The van der Waals surface area contributed by atoms with Crippen LogP contribution in [0.1, 0.15) is 5.56 Å². The first kappa shape index (κ1) is 19.9. The Morgan fingerprint density at radius 2 is 1.50 bits per heavy atom. The van der Waals surface area contributed by atoms with Gasteiger partial charge >= 0.3 is 0 Å². The Kier molecular flexibility index (Phi) is 6.43. The lowest BCUT2D eigenvalue weighted by atomic mass is 10.1. The van der Waals surface area contributed by atoms with E-state index in [1.165, 1.54) is 22.0 Å². The first-order chi connectivity index (χ1) is 12.3. The summed E-state index contributed by atoms with van der Waals surface area (Å²) in [5.41, 5.74) is 1.21. The molecule has 0 radical (unpaired) electrons. The summed E-state index contributed by atoms with van der Waals surface area (Å²) in [6.07, 6.45) is 0.902. The molecule has 1 saturated heterocycles. The molecule has 1 aliphatic heterocycles. The highest BCUT2D eigenvalue weighted by Crippen LogP contribution is 2.23. The van der Waals surface area contributed by atoms with Crippen molar-refractivity contribution in [3.8, 4) is 0 Å². The molecule has 1 aliphatic rings. The minimum atomic E-state index is -3.62. The quantitative estimate of drug-likeness (QED) is 0.675. The number of benzene rings is 1. The van der Waals surface area contributed by atoms with Gasteiger partial charge in [0, 0.05) is 37.7 Å². The van der Waals surface area contributed by atoms with E-state index in [9.17, 15) is 8.42 Å². The van der Waals surface area contributed by atoms with Crippen molar-refractivity contribution in [1.82, 2.24) is 14.2 Å². The molecule has 3 rings (SSSR count). The lowest BCUT2D eigenvalue weighted by molar-refractivity contribution is 0.190. The third kappa shape index (κ3) is 4.88. The molecule has 2 heterocycles. The van der Waals surface area contributed by atoms with Crippen LogP contribution in [-0.4, -0.2) is 55.3 Å². The third-order valence-corrected chi connectivity index (χ3v) is 6.85. The summed E-state index contributed by atoms with van der Waals surface area (Å²) in [6.45, 7) is 3.10. The Morgan fingerprint density at radius 1 is 0.923 bits per heavy atom. The van der Waals surface area contributed by atoms with Crippen LogP contribution >= 0.6 is 34.8 Å². The zero-order valence-corrected chi connectivity index (χ0v) is 17.0. The number of nitrogens with zero attached hydrogens (tertiary/aromatic N) is 3. The third-order valence-electron chi connectivity index (χ3n) is 4.34. The standard InChI is InChI=1S/C17H18Cl3N3O2S/c18-14-3-1-13(2-4-14)5-6-22-7-9-23(10-8-22)26(24,25)15-11-16(19)21-17(20)12-15/h1-4,11-12H,5-10H2. The van der Waals surface area contributed by atoms with Gasteiger partial charge in [-0.15, -0.1) is 0 Å². The first-order valence-corrected chi connectivity index (χ1v) is 10.7. The van der Waals surface area contributed by atoms with E-state index < -0.39 is 10.0 Å².